The zero-order valence-corrected chi connectivity index (χ0v) is 12.0. The van der Waals surface area contributed by atoms with Crippen molar-refractivity contribution in [2.24, 2.45) is 0 Å². The fraction of sp³-hybridized carbons (Fsp3) is 0.312. The molecule has 1 aromatic carbocycles. The Morgan fingerprint density at radius 1 is 1.29 bits per heavy atom. The summed E-state index contributed by atoms with van der Waals surface area (Å²) in [5.74, 6) is 0.157. The van der Waals surface area contributed by atoms with Crippen LogP contribution in [0.15, 0.2) is 47.4 Å². The lowest BCUT2D eigenvalue weighted by molar-refractivity contribution is 0.294. The van der Waals surface area contributed by atoms with E-state index in [2.05, 4.69) is 5.32 Å². The molecular weight excluding hydrogens is 271 g/mol. The first-order valence-electron chi connectivity index (χ1n) is 6.97. The Bertz CT molecular complexity index is 640. The first-order chi connectivity index (χ1) is 10.2. The molecule has 2 rings (SSSR count). The number of hydrogen-bond acceptors (Lipinski definition) is 3. The quantitative estimate of drug-likeness (QED) is 0.850. The molecule has 0 unspecified atom stereocenters. The summed E-state index contributed by atoms with van der Waals surface area (Å²) in [5, 5.41) is 3.14. The Labute approximate surface area is 123 Å². The van der Waals surface area contributed by atoms with Crippen LogP contribution in [0.2, 0.25) is 0 Å². The van der Waals surface area contributed by atoms with Crippen LogP contribution in [0.3, 0.4) is 0 Å². The standard InChI is InChI=1S/C16H19FN2O2/c1-2-18-12-13-9-14(17)11-15(10-13)21-8-7-19-6-4-3-5-16(19)20/h3-6,9-11,18H,2,7-8,12H2,1H3. The highest BCUT2D eigenvalue weighted by atomic mass is 19.1. The molecule has 2 aromatic rings. The zero-order valence-electron chi connectivity index (χ0n) is 12.0. The van der Waals surface area contributed by atoms with E-state index >= 15 is 0 Å². The van der Waals surface area contributed by atoms with Crippen molar-refractivity contribution in [1.29, 1.82) is 0 Å². The van der Waals surface area contributed by atoms with E-state index in [0.717, 1.165) is 12.1 Å². The van der Waals surface area contributed by atoms with Gasteiger partial charge < -0.3 is 14.6 Å². The Hall–Kier alpha value is -2.14. The average Bonchev–Trinajstić information content (AvgIpc) is 2.47. The first-order valence-corrected chi connectivity index (χ1v) is 6.97. The van der Waals surface area contributed by atoms with E-state index in [1.807, 2.05) is 6.92 Å². The van der Waals surface area contributed by atoms with Crippen LogP contribution in [0.5, 0.6) is 5.75 Å². The molecule has 21 heavy (non-hydrogen) atoms. The zero-order chi connectivity index (χ0) is 15.1. The molecule has 1 heterocycles. The Morgan fingerprint density at radius 3 is 2.90 bits per heavy atom. The molecule has 0 radical (unpaired) electrons. The van der Waals surface area contributed by atoms with Crippen LogP contribution in [0, 0.1) is 5.82 Å². The van der Waals surface area contributed by atoms with Gasteiger partial charge in [0.2, 0.25) is 0 Å². The molecule has 5 heteroatoms. The van der Waals surface area contributed by atoms with Gasteiger partial charge >= 0.3 is 0 Å². The number of nitrogens with one attached hydrogen (secondary N) is 1. The molecule has 0 saturated carbocycles. The highest BCUT2D eigenvalue weighted by Gasteiger charge is 2.02. The third-order valence-electron chi connectivity index (χ3n) is 3.01. The molecule has 0 aliphatic heterocycles. The number of benzene rings is 1. The van der Waals surface area contributed by atoms with Crippen LogP contribution in [0.4, 0.5) is 4.39 Å². The van der Waals surface area contributed by atoms with E-state index in [9.17, 15) is 9.18 Å². The molecular formula is C16H19FN2O2. The summed E-state index contributed by atoms with van der Waals surface area (Å²) >= 11 is 0. The smallest absolute Gasteiger partial charge is 0.250 e. The Morgan fingerprint density at radius 2 is 2.14 bits per heavy atom. The average molecular weight is 290 g/mol. The van der Waals surface area contributed by atoms with Gasteiger partial charge in [-0.05, 0) is 30.3 Å². The van der Waals surface area contributed by atoms with Crippen molar-refractivity contribution in [3.63, 3.8) is 0 Å². The van der Waals surface area contributed by atoms with Crippen molar-refractivity contribution in [2.75, 3.05) is 13.2 Å². The molecule has 0 fully saturated rings. The van der Waals surface area contributed by atoms with Crippen molar-refractivity contribution >= 4 is 0 Å². The lowest BCUT2D eigenvalue weighted by Crippen LogP contribution is -2.21. The lowest BCUT2D eigenvalue weighted by Gasteiger charge is -2.10. The molecule has 0 aliphatic rings. The van der Waals surface area contributed by atoms with Gasteiger partial charge in [-0.1, -0.05) is 13.0 Å². The van der Waals surface area contributed by atoms with Gasteiger partial charge in [0.15, 0.2) is 0 Å². The van der Waals surface area contributed by atoms with Gasteiger partial charge in [0.25, 0.3) is 5.56 Å². The van der Waals surface area contributed by atoms with Crippen molar-refractivity contribution in [3.05, 3.63) is 64.3 Å². The van der Waals surface area contributed by atoms with Crippen molar-refractivity contribution in [3.8, 4) is 5.75 Å². The normalized spacial score (nSPS) is 10.6. The van der Waals surface area contributed by atoms with E-state index in [4.69, 9.17) is 4.74 Å². The highest BCUT2D eigenvalue weighted by Crippen LogP contribution is 2.16. The van der Waals surface area contributed by atoms with Gasteiger partial charge in [-0.15, -0.1) is 0 Å². The Kier molecular flexibility index (Phi) is 5.51. The first kappa shape index (κ1) is 15.3. The van der Waals surface area contributed by atoms with E-state index in [1.165, 1.54) is 18.2 Å². The number of pyridine rings is 1. The number of nitrogens with zero attached hydrogens (tertiary/aromatic N) is 1. The number of aromatic nitrogens is 1. The molecule has 1 aromatic heterocycles. The monoisotopic (exact) mass is 290 g/mol. The second-order valence-corrected chi connectivity index (χ2v) is 4.66. The van der Waals surface area contributed by atoms with Gasteiger partial charge in [0, 0.05) is 24.9 Å². The molecule has 0 spiro atoms. The maximum atomic E-state index is 13.5. The summed E-state index contributed by atoms with van der Waals surface area (Å²) in [6.07, 6.45) is 1.70. The third-order valence-corrected chi connectivity index (χ3v) is 3.01. The van der Waals surface area contributed by atoms with Crippen LogP contribution >= 0.6 is 0 Å². The highest BCUT2D eigenvalue weighted by molar-refractivity contribution is 5.29. The summed E-state index contributed by atoms with van der Waals surface area (Å²) in [6, 6.07) is 9.62. The maximum absolute atomic E-state index is 13.5. The van der Waals surface area contributed by atoms with E-state index in [-0.39, 0.29) is 11.4 Å². The van der Waals surface area contributed by atoms with E-state index in [0.29, 0.717) is 25.4 Å². The van der Waals surface area contributed by atoms with Crippen molar-refractivity contribution in [1.82, 2.24) is 9.88 Å². The van der Waals surface area contributed by atoms with E-state index < -0.39 is 0 Å². The lowest BCUT2D eigenvalue weighted by atomic mass is 10.2. The van der Waals surface area contributed by atoms with Gasteiger partial charge in [-0.2, -0.15) is 0 Å². The number of halogens is 1. The van der Waals surface area contributed by atoms with Gasteiger partial charge in [-0.3, -0.25) is 4.79 Å². The van der Waals surface area contributed by atoms with Crippen LogP contribution in [-0.2, 0) is 13.1 Å². The number of rotatable bonds is 7. The molecule has 0 atom stereocenters. The summed E-state index contributed by atoms with van der Waals surface area (Å²) in [4.78, 5) is 11.5. The van der Waals surface area contributed by atoms with Crippen molar-refractivity contribution < 1.29 is 9.13 Å². The SMILES string of the molecule is CCNCc1cc(F)cc(OCCn2ccccc2=O)c1. The predicted molar refractivity (Wildman–Crippen MR) is 80.0 cm³/mol. The van der Waals surface area contributed by atoms with Gasteiger partial charge in [0.1, 0.15) is 18.2 Å². The molecule has 0 aliphatic carbocycles. The van der Waals surface area contributed by atoms with Gasteiger partial charge in [-0.25, -0.2) is 4.39 Å². The fourth-order valence-electron chi connectivity index (χ4n) is 1.98. The summed E-state index contributed by atoms with van der Waals surface area (Å²) < 4.78 is 20.6. The summed E-state index contributed by atoms with van der Waals surface area (Å²) in [5.41, 5.74) is 0.761. The maximum Gasteiger partial charge on any atom is 0.250 e. The third kappa shape index (κ3) is 4.72. The molecule has 0 saturated heterocycles. The van der Waals surface area contributed by atoms with Crippen LogP contribution in [0.1, 0.15) is 12.5 Å². The summed E-state index contributed by atoms with van der Waals surface area (Å²) in [6.45, 7) is 4.16. The minimum Gasteiger partial charge on any atom is -0.492 e. The van der Waals surface area contributed by atoms with Crippen LogP contribution in [-0.4, -0.2) is 17.7 Å². The minimum atomic E-state index is -0.322. The predicted octanol–water partition coefficient (Wildman–Crippen LogP) is 2.18. The molecule has 4 nitrogen and oxygen atoms in total. The van der Waals surface area contributed by atoms with E-state index in [1.54, 1.807) is 29.0 Å². The fourth-order valence-corrected chi connectivity index (χ4v) is 1.98. The molecule has 0 amide bonds. The summed E-state index contributed by atoms with van der Waals surface area (Å²) in [7, 11) is 0. The molecule has 1 N–H and O–H groups in total. The topological polar surface area (TPSA) is 43.3 Å². The largest absolute Gasteiger partial charge is 0.492 e. The number of hydrogen-bond donors (Lipinski definition) is 1. The molecule has 112 valence electrons. The van der Waals surface area contributed by atoms with Crippen molar-refractivity contribution in [2.45, 2.75) is 20.0 Å². The minimum absolute atomic E-state index is 0.0758. The second kappa shape index (κ2) is 7.59. The molecule has 0 bridgehead atoms. The van der Waals surface area contributed by atoms with Gasteiger partial charge in [0.05, 0.1) is 6.54 Å². The van der Waals surface area contributed by atoms with Crippen LogP contribution < -0.4 is 15.6 Å². The Balaban J connectivity index is 1.95. The van der Waals surface area contributed by atoms with Crippen LogP contribution in [0.25, 0.3) is 0 Å². The second-order valence-electron chi connectivity index (χ2n) is 4.66. The number of ether oxygens (including phenoxy) is 1.